The Labute approximate surface area is 127 Å². The molecule has 1 aromatic carbocycles. The molecule has 0 atom stereocenters. The number of aromatic nitrogens is 3. The molecule has 22 heavy (non-hydrogen) atoms. The van der Waals surface area contributed by atoms with Crippen molar-refractivity contribution >= 4 is 16.8 Å². The summed E-state index contributed by atoms with van der Waals surface area (Å²) in [7, 11) is 3.88. The van der Waals surface area contributed by atoms with E-state index in [1.807, 2.05) is 49.5 Å². The number of rotatable bonds is 5. The molecule has 1 amide bonds. The minimum Gasteiger partial charge on any atom is -0.361 e. The van der Waals surface area contributed by atoms with Crippen LogP contribution in [0, 0.1) is 0 Å². The third kappa shape index (κ3) is 2.84. The molecule has 3 aromatic rings. The Hall–Kier alpha value is -2.67. The lowest BCUT2D eigenvalue weighted by atomic mass is 10.1. The fourth-order valence-electron chi connectivity index (χ4n) is 2.17. The zero-order chi connectivity index (χ0) is 15.5. The number of fused-ring (bicyclic) bond motifs is 1. The van der Waals surface area contributed by atoms with Crippen molar-refractivity contribution in [2.75, 3.05) is 27.2 Å². The molecule has 0 aliphatic rings. The van der Waals surface area contributed by atoms with Gasteiger partial charge in [0.15, 0.2) is 0 Å². The second-order valence-electron chi connectivity index (χ2n) is 5.23. The molecule has 0 unspecified atom stereocenters. The summed E-state index contributed by atoms with van der Waals surface area (Å²) in [6.45, 7) is 1.27. The molecule has 2 N–H and O–H groups in total. The van der Waals surface area contributed by atoms with Crippen LogP contribution in [0.5, 0.6) is 0 Å². The molecule has 2 aromatic heterocycles. The number of nitrogens with zero attached hydrogens (tertiary/aromatic N) is 3. The second-order valence-corrected chi connectivity index (χ2v) is 5.23. The normalized spacial score (nSPS) is 11.2. The number of amides is 1. The first-order valence-corrected chi connectivity index (χ1v) is 6.98. The Balaban J connectivity index is 1.79. The number of carbonyl (C=O) groups is 1. The number of hydrogen-bond acceptors (Lipinski definition) is 5. The second kappa shape index (κ2) is 5.98. The van der Waals surface area contributed by atoms with E-state index < -0.39 is 0 Å². The first-order chi connectivity index (χ1) is 10.6. The molecule has 3 rings (SSSR count). The lowest BCUT2D eigenvalue weighted by molar-refractivity contribution is 0.0907. The number of likely N-dealkylation sites (N-methyl/N-ethyl adjacent to an activating group) is 1. The van der Waals surface area contributed by atoms with E-state index in [9.17, 15) is 4.79 Å². The summed E-state index contributed by atoms with van der Waals surface area (Å²) in [4.78, 5) is 21.2. The van der Waals surface area contributed by atoms with Crippen molar-refractivity contribution in [2.45, 2.75) is 0 Å². The summed E-state index contributed by atoms with van der Waals surface area (Å²) in [5.41, 5.74) is 1.81. The Bertz CT molecular complexity index is 790. The minimum absolute atomic E-state index is 0.0266. The summed E-state index contributed by atoms with van der Waals surface area (Å²) in [5.74, 6) is 0.0195. The van der Waals surface area contributed by atoms with E-state index >= 15 is 0 Å². The number of aromatic amines is 1. The average molecular weight is 299 g/mol. The van der Waals surface area contributed by atoms with Crippen LogP contribution in [0.3, 0.4) is 0 Å². The standard InChI is InChI=1S/C15H17N5O2/c1-20(2)9-8-17-14(21)15-18-13(19-22-15)11-4-3-5-12-10(11)6-7-16-12/h3-7,16H,8-9H2,1-2H3,(H,17,21). The molecule has 0 aliphatic carbocycles. The lowest BCUT2D eigenvalue weighted by Crippen LogP contribution is -2.31. The Morgan fingerprint density at radius 2 is 2.23 bits per heavy atom. The predicted octanol–water partition coefficient (Wildman–Crippen LogP) is 1.51. The van der Waals surface area contributed by atoms with Gasteiger partial charge < -0.3 is 19.7 Å². The van der Waals surface area contributed by atoms with Crippen LogP contribution in [-0.4, -0.2) is 53.1 Å². The van der Waals surface area contributed by atoms with Gasteiger partial charge in [0.05, 0.1) is 0 Å². The van der Waals surface area contributed by atoms with Gasteiger partial charge in [0.2, 0.25) is 5.82 Å². The number of H-pyrrole nitrogens is 1. The van der Waals surface area contributed by atoms with Crippen LogP contribution in [0.2, 0.25) is 0 Å². The first kappa shape index (κ1) is 14.3. The van der Waals surface area contributed by atoms with Crippen molar-refractivity contribution in [3.63, 3.8) is 0 Å². The van der Waals surface area contributed by atoms with E-state index in [1.165, 1.54) is 0 Å². The van der Waals surface area contributed by atoms with E-state index in [-0.39, 0.29) is 11.8 Å². The summed E-state index contributed by atoms with van der Waals surface area (Å²) in [6, 6.07) is 7.71. The summed E-state index contributed by atoms with van der Waals surface area (Å²) < 4.78 is 5.07. The van der Waals surface area contributed by atoms with Crippen LogP contribution in [-0.2, 0) is 0 Å². The molecule has 0 spiro atoms. The molecule has 7 heteroatoms. The Kier molecular flexibility index (Phi) is 3.88. The monoisotopic (exact) mass is 299 g/mol. The van der Waals surface area contributed by atoms with Crippen LogP contribution in [0.4, 0.5) is 0 Å². The number of hydrogen-bond donors (Lipinski definition) is 2. The first-order valence-electron chi connectivity index (χ1n) is 6.98. The number of nitrogens with one attached hydrogen (secondary N) is 2. The highest BCUT2D eigenvalue weighted by Gasteiger charge is 2.17. The molecule has 114 valence electrons. The highest BCUT2D eigenvalue weighted by Crippen LogP contribution is 2.25. The molecule has 0 radical (unpaired) electrons. The SMILES string of the molecule is CN(C)CCNC(=O)c1nc(-c2cccc3[nH]ccc23)no1. The topological polar surface area (TPSA) is 87.0 Å². The maximum absolute atomic E-state index is 12.0. The van der Waals surface area contributed by atoms with Crippen molar-refractivity contribution in [1.82, 2.24) is 25.3 Å². The zero-order valence-electron chi connectivity index (χ0n) is 12.5. The van der Waals surface area contributed by atoms with E-state index in [0.717, 1.165) is 23.0 Å². The van der Waals surface area contributed by atoms with E-state index in [0.29, 0.717) is 12.4 Å². The Morgan fingerprint density at radius 3 is 3.05 bits per heavy atom. The molecule has 2 heterocycles. The summed E-state index contributed by atoms with van der Waals surface area (Å²) in [5, 5.41) is 7.64. The minimum atomic E-state index is -0.359. The fraction of sp³-hybridized carbons (Fsp3) is 0.267. The van der Waals surface area contributed by atoms with Gasteiger partial charge in [-0.15, -0.1) is 0 Å². The van der Waals surface area contributed by atoms with Gasteiger partial charge in [-0.2, -0.15) is 4.98 Å². The van der Waals surface area contributed by atoms with Crippen LogP contribution >= 0.6 is 0 Å². The highest BCUT2D eigenvalue weighted by molar-refractivity contribution is 5.94. The van der Waals surface area contributed by atoms with Crippen LogP contribution < -0.4 is 5.32 Å². The summed E-state index contributed by atoms with van der Waals surface area (Å²) in [6.07, 6.45) is 1.85. The van der Waals surface area contributed by atoms with Crippen LogP contribution in [0.1, 0.15) is 10.7 Å². The van der Waals surface area contributed by atoms with Gasteiger partial charge in [-0.25, -0.2) is 0 Å². The third-order valence-electron chi connectivity index (χ3n) is 3.30. The fourth-order valence-corrected chi connectivity index (χ4v) is 2.17. The maximum atomic E-state index is 12.0. The third-order valence-corrected chi connectivity index (χ3v) is 3.30. The molecule has 7 nitrogen and oxygen atoms in total. The van der Waals surface area contributed by atoms with Crippen molar-refractivity contribution in [1.29, 1.82) is 0 Å². The predicted molar refractivity (Wildman–Crippen MR) is 82.5 cm³/mol. The van der Waals surface area contributed by atoms with Gasteiger partial charge in [-0.1, -0.05) is 17.3 Å². The van der Waals surface area contributed by atoms with E-state index in [4.69, 9.17) is 4.52 Å². The van der Waals surface area contributed by atoms with Gasteiger partial charge >= 0.3 is 11.8 Å². The van der Waals surface area contributed by atoms with E-state index in [1.54, 1.807) is 0 Å². The van der Waals surface area contributed by atoms with Crippen molar-refractivity contribution in [3.05, 3.63) is 36.4 Å². The van der Waals surface area contributed by atoms with Crippen molar-refractivity contribution in [2.24, 2.45) is 0 Å². The van der Waals surface area contributed by atoms with Crippen molar-refractivity contribution < 1.29 is 9.32 Å². The van der Waals surface area contributed by atoms with Gasteiger partial charge in [-0.3, -0.25) is 4.79 Å². The molecule has 0 saturated heterocycles. The largest absolute Gasteiger partial charge is 0.361 e. The number of carbonyl (C=O) groups excluding carboxylic acids is 1. The quantitative estimate of drug-likeness (QED) is 0.745. The molecular formula is C15H17N5O2. The zero-order valence-corrected chi connectivity index (χ0v) is 12.5. The highest BCUT2D eigenvalue weighted by atomic mass is 16.5. The van der Waals surface area contributed by atoms with Gasteiger partial charge in [0.25, 0.3) is 0 Å². The van der Waals surface area contributed by atoms with E-state index in [2.05, 4.69) is 20.4 Å². The molecule has 0 bridgehead atoms. The van der Waals surface area contributed by atoms with Crippen LogP contribution in [0.15, 0.2) is 35.0 Å². The van der Waals surface area contributed by atoms with Gasteiger partial charge in [-0.05, 0) is 26.2 Å². The average Bonchev–Trinajstić information content (AvgIpc) is 3.15. The Morgan fingerprint density at radius 1 is 1.36 bits per heavy atom. The lowest BCUT2D eigenvalue weighted by Gasteiger charge is -2.08. The summed E-state index contributed by atoms with van der Waals surface area (Å²) >= 11 is 0. The van der Waals surface area contributed by atoms with Crippen molar-refractivity contribution in [3.8, 4) is 11.4 Å². The van der Waals surface area contributed by atoms with Crippen LogP contribution in [0.25, 0.3) is 22.3 Å². The maximum Gasteiger partial charge on any atom is 0.316 e. The molecule has 0 fully saturated rings. The van der Waals surface area contributed by atoms with Gasteiger partial charge in [0.1, 0.15) is 0 Å². The van der Waals surface area contributed by atoms with Gasteiger partial charge in [0, 0.05) is 35.8 Å². The smallest absolute Gasteiger partial charge is 0.316 e. The molecular weight excluding hydrogens is 282 g/mol. The molecule has 0 saturated carbocycles. The number of benzene rings is 1. The molecule has 0 aliphatic heterocycles.